The van der Waals surface area contributed by atoms with E-state index in [1.54, 1.807) is 11.9 Å². The van der Waals surface area contributed by atoms with E-state index in [0.717, 1.165) is 24.1 Å². The predicted octanol–water partition coefficient (Wildman–Crippen LogP) is 0.930. The summed E-state index contributed by atoms with van der Waals surface area (Å²) in [5.41, 5.74) is 7.29. The Hall–Kier alpha value is -2.24. The number of piperidine rings is 1. The van der Waals surface area contributed by atoms with Crippen LogP contribution in [0.25, 0.3) is 0 Å². The van der Waals surface area contributed by atoms with Crippen molar-refractivity contribution in [3.05, 3.63) is 29.8 Å². The first-order valence-corrected chi connectivity index (χ1v) is 7.19. The highest BCUT2D eigenvalue weighted by Gasteiger charge is 2.20. The zero-order valence-corrected chi connectivity index (χ0v) is 12.3. The number of carbonyl (C=O) groups excluding carboxylic acids is 2. The number of amides is 3. The average molecular weight is 290 g/mol. The van der Waals surface area contributed by atoms with E-state index in [9.17, 15) is 9.59 Å². The SMILES string of the molecule is CNC(=O)Cc1ccc(NC2CCN(C(N)=O)CC2)cc1. The highest BCUT2D eigenvalue weighted by Crippen LogP contribution is 2.17. The van der Waals surface area contributed by atoms with Crippen LogP contribution in [0, 0.1) is 0 Å². The fourth-order valence-electron chi connectivity index (χ4n) is 2.47. The van der Waals surface area contributed by atoms with Crippen LogP contribution >= 0.6 is 0 Å². The summed E-state index contributed by atoms with van der Waals surface area (Å²) in [5.74, 6) is 0.00883. The third kappa shape index (κ3) is 4.37. The number of nitrogens with one attached hydrogen (secondary N) is 2. The third-order valence-electron chi connectivity index (χ3n) is 3.77. The molecule has 3 amide bonds. The Labute approximate surface area is 124 Å². The largest absolute Gasteiger partial charge is 0.382 e. The van der Waals surface area contributed by atoms with Crippen molar-refractivity contribution < 1.29 is 9.59 Å². The van der Waals surface area contributed by atoms with Gasteiger partial charge in [0, 0.05) is 31.9 Å². The smallest absolute Gasteiger partial charge is 0.314 e. The quantitative estimate of drug-likeness (QED) is 0.771. The Morgan fingerprint density at radius 2 is 1.86 bits per heavy atom. The fraction of sp³-hybridized carbons (Fsp3) is 0.467. The van der Waals surface area contributed by atoms with Crippen molar-refractivity contribution in [1.82, 2.24) is 10.2 Å². The van der Waals surface area contributed by atoms with E-state index >= 15 is 0 Å². The molecule has 1 fully saturated rings. The predicted molar refractivity (Wildman–Crippen MR) is 82.0 cm³/mol. The maximum atomic E-state index is 11.3. The molecule has 0 unspecified atom stereocenters. The standard InChI is InChI=1S/C15H22N4O2/c1-17-14(20)10-11-2-4-12(5-3-11)18-13-6-8-19(9-7-13)15(16)21/h2-5,13,18H,6-10H2,1H3,(H2,16,21)(H,17,20). The number of urea groups is 1. The average Bonchev–Trinajstić information content (AvgIpc) is 2.49. The van der Waals surface area contributed by atoms with E-state index in [-0.39, 0.29) is 11.9 Å². The Kier molecular flexibility index (Phi) is 5.03. The topological polar surface area (TPSA) is 87.5 Å². The van der Waals surface area contributed by atoms with Crippen LogP contribution in [0.4, 0.5) is 10.5 Å². The first kappa shape index (κ1) is 15.2. The minimum absolute atomic E-state index is 0.00883. The van der Waals surface area contributed by atoms with Crippen molar-refractivity contribution in [1.29, 1.82) is 0 Å². The van der Waals surface area contributed by atoms with E-state index in [1.807, 2.05) is 24.3 Å². The molecule has 2 rings (SSSR count). The zero-order valence-electron chi connectivity index (χ0n) is 12.3. The molecule has 0 saturated carbocycles. The number of hydrogen-bond donors (Lipinski definition) is 3. The lowest BCUT2D eigenvalue weighted by molar-refractivity contribution is -0.119. The molecule has 1 heterocycles. The Morgan fingerprint density at radius 1 is 1.24 bits per heavy atom. The number of likely N-dealkylation sites (N-methyl/N-ethyl adjacent to an activating group) is 1. The summed E-state index contributed by atoms with van der Waals surface area (Å²) in [4.78, 5) is 24.0. The molecule has 1 aliphatic heterocycles. The van der Waals surface area contributed by atoms with Crippen LogP contribution in [0.2, 0.25) is 0 Å². The summed E-state index contributed by atoms with van der Waals surface area (Å²) < 4.78 is 0. The number of nitrogens with two attached hydrogens (primary N) is 1. The van der Waals surface area contributed by atoms with Crippen LogP contribution in [0.15, 0.2) is 24.3 Å². The van der Waals surface area contributed by atoms with Crippen LogP contribution in [-0.4, -0.2) is 43.0 Å². The maximum Gasteiger partial charge on any atom is 0.314 e. The second-order valence-electron chi connectivity index (χ2n) is 5.29. The number of hydrogen-bond acceptors (Lipinski definition) is 3. The second-order valence-corrected chi connectivity index (χ2v) is 5.29. The van der Waals surface area contributed by atoms with E-state index < -0.39 is 0 Å². The van der Waals surface area contributed by atoms with Crippen LogP contribution in [-0.2, 0) is 11.2 Å². The number of benzene rings is 1. The highest BCUT2D eigenvalue weighted by atomic mass is 16.2. The fourth-order valence-corrected chi connectivity index (χ4v) is 2.47. The molecule has 0 aromatic heterocycles. The molecule has 0 bridgehead atoms. The van der Waals surface area contributed by atoms with Gasteiger partial charge in [0.2, 0.25) is 5.91 Å². The van der Waals surface area contributed by atoms with Gasteiger partial charge in [-0.25, -0.2) is 4.79 Å². The van der Waals surface area contributed by atoms with Gasteiger partial charge in [0.1, 0.15) is 0 Å². The van der Waals surface area contributed by atoms with Crippen LogP contribution < -0.4 is 16.4 Å². The molecule has 6 heteroatoms. The van der Waals surface area contributed by atoms with Gasteiger partial charge in [-0.05, 0) is 30.5 Å². The van der Waals surface area contributed by atoms with Gasteiger partial charge in [0.05, 0.1) is 6.42 Å². The van der Waals surface area contributed by atoms with Gasteiger partial charge < -0.3 is 21.3 Å². The number of anilines is 1. The first-order chi connectivity index (χ1) is 10.1. The number of likely N-dealkylation sites (tertiary alicyclic amines) is 1. The van der Waals surface area contributed by atoms with Crippen molar-refractivity contribution in [2.24, 2.45) is 5.73 Å². The Bertz CT molecular complexity index is 493. The molecule has 0 radical (unpaired) electrons. The minimum Gasteiger partial charge on any atom is -0.382 e. The highest BCUT2D eigenvalue weighted by molar-refractivity contribution is 5.78. The monoisotopic (exact) mass is 290 g/mol. The number of rotatable bonds is 4. The van der Waals surface area contributed by atoms with Crippen molar-refractivity contribution in [2.75, 3.05) is 25.5 Å². The summed E-state index contributed by atoms with van der Waals surface area (Å²) in [7, 11) is 1.64. The van der Waals surface area contributed by atoms with E-state index in [2.05, 4.69) is 10.6 Å². The molecule has 21 heavy (non-hydrogen) atoms. The third-order valence-corrected chi connectivity index (χ3v) is 3.77. The van der Waals surface area contributed by atoms with Crippen molar-refractivity contribution in [3.63, 3.8) is 0 Å². The number of carbonyl (C=O) groups is 2. The first-order valence-electron chi connectivity index (χ1n) is 7.19. The molecular formula is C15H22N4O2. The molecule has 1 saturated heterocycles. The van der Waals surface area contributed by atoms with Crippen LogP contribution in [0.1, 0.15) is 18.4 Å². The molecule has 1 aromatic carbocycles. The molecule has 0 atom stereocenters. The number of nitrogens with zero attached hydrogens (tertiary/aromatic N) is 1. The van der Waals surface area contributed by atoms with Crippen molar-refractivity contribution in [2.45, 2.75) is 25.3 Å². The van der Waals surface area contributed by atoms with E-state index in [1.165, 1.54) is 0 Å². The van der Waals surface area contributed by atoms with Gasteiger partial charge in [-0.15, -0.1) is 0 Å². The molecule has 1 aliphatic rings. The normalized spacial score (nSPS) is 15.6. The summed E-state index contributed by atoms with van der Waals surface area (Å²) in [6, 6.07) is 7.89. The van der Waals surface area contributed by atoms with Gasteiger partial charge in [0.25, 0.3) is 0 Å². The molecule has 114 valence electrons. The zero-order chi connectivity index (χ0) is 15.2. The molecule has 4 N–H and O–H groups in total. The second kappa shape index (κ2) is 6.97. The van der Waals surface area contributed by atoms with Crippen LogP contribution in [0.3, 0.4) is 0 Å². The van der Waals surface area contributed by atoms with E-state index in [0.29, 0.717) is 25.6 Å². The maximum absolute atomic E-state index is 11.3. The molecular weight excluding hydrogens is 268 g/mol. The van der Waals surface area contributed by atoms with Gasteiger partial charge in [-0.3, -0.25) is 4.79 Å². The van der Waals surface area contributed by atoms with E-state index in [4.69, 9.17) is 5.73 Å². The summed E-state index contributed by atoms with van der Waals surface area (Å²) >= 11 is 0. The molecule has 0 aliphatic carbocycles. The minimum atomic E-state index is -0.341. The lowest BCUT2D eigenvalue weighted by atomic mass is 10.0. The van der Waals surface area contributed by atoms with Gasteiger partial charge in [0.15, 0.2) is 0 Å². The Balaban J connectivity index is 1.84. The summed E-state index contributed by atoms with van der Waals surface area (Å²) in [6.45, 7) is 1.39. The molecule has 0 spiro atoms. The van der Waals surface area contributed by atoms with Crippen molar-refractivity contribution in [3.8, 4) is 0 Å². The molecule has 1 aromatic rings. The lowest BCUT2D eigenvalue weighted by Gasteiger charge is -2.31. The summed E-state index contributed by atoms with van der Waals surface area (Å²) in [5, 5.41) is 6.07. The lowest BCUT2D eigenvalue weighted by Crippen LogP contribution is -2.44. The van der Waals surface area contributed by atoms with Crippen molar-refractivity contribution >= 4 is 17.6 Å². The van der Waals surface area contributed by atoms with Crippen LogP contribution in [0.5, 0.6) is 0 Å². The number of primary amides is 1. The van der Waals surface area contributed by atoms with Gasteiger partial charge in [-0.2, -0.15) is 0 Å². The van der Waals surface area contributed by atoms with Gasteiger partial charge in [-0.1, -0.05) is 12.1 Å². The summed E-state index contributed by atoms with van der Waals surface area (Å²) in [6.07, 6.45) is 2.18. The molecule has 6 nitrogen and oxygen atoms in total. The Morgan fingerprint density at radius 3 is 2.38 bits per heavy atom. The van der Waals surface area contributed by atoms with Gasteiger partial charge >= 0.3 is 6.03 Å².